The molecule has 1 N–H and O–H groups in total. The first-order valence-electron chi connectivity index (χ1n) is 6.41. The number of benzene rings is 1. The van der Waals surface area contributed by atoms with Gasteiger partial charge in [-0.15, -0.1) is 0 Å². The van der Waals surface area contributed by atoms with Gasteiger partial charge in [0.15, 0.2) is 11.5 Å². The molecule has 1 aliphatic heterocycles. The van der Waals surface area contributed by atoms with Gasteiger partial charge in [0.25, 0.3) is 0 Å². The number of esters is 1. The van der Waals surface area contributed by atoms with Crippen LogP contribution in [-0.4, -0.2) is 26.4 Å². The highest BCUT2D eigenvalue weighted by Crippen LogP contribution is 2.46. The summed E-state index contributed by atoms with van der Waals surface area (Å²) in [5.41, 5.74) is 0.829. The van der Waals surface area contributed by atoms with Crippen molar-refractivity contribution in [3.05, 3.63) is 23.8 Å². The van der Waals surface area contributed by atoms with Gasteiger partial charge in [-0.1, -0.05) is 6.07 Å². The molecule has 1 aromatic carbocycles. The van der Waals surface area contributed by atoms with Gasteiger partial charge in [0.05, 0.1) is 12.5 Å². The smallest absolute Gasteiger partial charge is 0.313 e. The number of ether oxygens (including phenoxy) is 3. The van der Waals surface area contributed by atoms with E-state index >= 15 is 0 Å². The third-order valence-electron chi connectivity index (χ3n) is 3.70. The number of hydrogen-bond acceptors (Lipinski definition) is 5. The summed E-state index contributed by atoms with van der Waals surface area (Å²) in [6.07, 6.45) is 1.82. The summed E-state index contributed by atoms with van der Waals surface area (Å²) in [7, 11) is 1.44. The number of carbonyl (C=O) groups excluding carboxylic acids is 1. The SMILES string of the molecule is COC(=O)C1(CNCc2ccc3c(c2)OCO3)CC1. The van der Waals surface area contributed by atoms with Gasteiger partial charge in [-0.05, 0) is 30.5 Å². The van der Waals surface area contributed by atoms with E-state index in [1.807, 2.05) is 18.2 Å². The van der Waals surface area contributed by atoms with Crippen LogP contribution >= 0.6 is 0 Å². The zero-order chi connectivity index (χ0) is 13.3. The first-order chi connectivity index (χ1) is 9.23. The molecule has 5 nitrogen and oxygen atoms in total. The molecule has 0 unspecified atom stereocenters. The van der Waals surface area contributed by atoms with Crippen molar-refractivity contribution in [2.45, 2.75) is 19.4 Å². The summed E-state index contributed by atoms with van der Waals surface area (Å²) in [6.45, 7) is 1.65. The van der Waals surface area contributed by atoms with E-state index in [1.54, 1.807) is 0 Å². The maximum absolute atomic E-state index is 11.6. The topological polar surface area (TPSA) is 56.8 Å². The van der Waals surface area contributed by atoms with E-state index in [9.17, 15) is 4.79 Å². The molecule has 3 rings (SSSR count). The average molecular weight is 263 g/mol. The van der Waals surface area contributed by atoms with Crippen molar-refractivity contribution in [1.29, 1.82) is 0 Å². The quantitative estimate of drug-likeness (QED) is 0.815. The van der Waals surface area contributed by atoms with Crippen LogP contribution in [0.3, 0.4) is 0 Å². The fourth-order valence-electron chi connectivity index (χ4n) is 2.32. The van der Waals surface area contributed by atoms with E-state index in [4.69, 9.17) is 14.2 Å². The van der Waals surface area contributed by atoms with Gasteiger partial charge in [-0.3, -0.25) is 4.79 Å². The molecule has 0 amide bonds. The first kappa shape index (κ1) is 12.3. The minimum Gasteiger partial charge on any atom is -0.469 e. The van der Waals surface area contributed by atoms with Crippen LogP contribution in [0.2, 0.25) is 0 Å². The van der Waals surface area contributed by atoms with E-state index < -0.39 is 0 Å². The second-order valence-electron chi connectivity index (χ2n) is 5.06. The van der Waals surface area contributed by atoms with Gasteiger partial charge in [0, 0.05) is 13.1 Å². The van der Waals surface area contributed by atoms with Crippen LogP contribution in [0.25, 0.3) is 0 Å². The molecule has 5 heteroatoms. The normalized spacial score (nSPS) is 18.2. The number of nitrogens with one attached hydrogen (secondary N) is 1. The van der Waals surface area contributed by atoms with Crippen LogP contribution in [0, 0.1) is 5.41 Å². The summed E-state index contributed by atoms with van der Waals surface area (Å²) >= 11 is 0. The maximum Gasteiger partial charge on any atom is 0.313 e. The summed E-state index contributed by atoms with van der Waals surface area (Å²) in [6, 6.07) is 5.87. The summed E-state index contributed by atoms with van der Waals surface area (Å²) in [5.74, 6) is 1.47. The van der Waals surface area contributed by atoms with E-state index in [1.165, 1.54) is 7.11 Å². The maximum atomic E-state index is 11.6. The molecule has 102 valence electrons. The van der Waals surface area contributed by atoms with Crippen LogP contribution in [0.15, 0.2) is 18.2 Å². The number of hydrogen-bond donors (Lipinski definition) is 1. The number of methoxy groups -OCH3 is 1. The Morgan fingerprint density at radius 3 is 2.89 bits per heavy atom. The van der Waals surface area contributed by atoms with Gasteiger partial charge >= 0.3 is 5.97 Å². The molecule has 0 saturated heterocycles. The lowest BCUT2D eigenvalue weighted by atomic mass is 10.1. The zero-order valence-electron chi connectivity index (χ0n) is 10.9. The molecule has 0 aromatic heterocycles. The molecule has 0 bridgehead atoms. The standard InChI is InChI=1S/C14H17NO4/c1-17-13(16)14(4-5-14)8-15-7-10-2-3-11-12(6-10)19-9-18-11/h2-3,6,15H,4-5,7-9H2,1H3. The van der Waals surface area contributed by atoms with Crippen molar-refractivity contribution in [2.75, 3.05) is 20.4 Å². The van der Waals surface area contributed by atoms with Crippen LogP contribution in [0.1, 0.15) is 18.4 Å². The van der Waals surface area contributed by atoms with E-state index in [-0.39, 0.29) is 18.2 Å². The number of fused-ring (bicyclic) bond motifs is 1. The predicted molar refractivity (Wildman–Crippen MR) is 68.0 cm³/mol. The highest BCUT2D eigenvalue weighted by atomic mass is 16.7. The molecule has 19 heavy (non-hydrogen) atoms. The van der Waals surface area contributed by atoms with Crippen LogP contribution in [0.5, 0.6) is 11.5 Å². The molecule has 1 aliphatic carbocycles. The molecular formula is C14H17NO4. The first-order valence-corrected chi connectivity index (χ1v) is 6.41. The van der Waals surface area contributed by atoms with Gasteiger partial charge < -0.3 is 19.5 Å². The van der Waals surface area contributed by atoms with Crippen LogP contribution in [0.4, 0.5) is 0 Å². The van der Waals surface area contributed by atoms with Crippen molar-refractivity contribution in [3.63, 3.8) is 0 Å². The van der Waals surface area contributed by atoms with Gasteiger partial charge in [-0.25, -0.2) is 0 Å². The minimum absolute atomic E-state index is 0.106. The number of rotatable bonds is 5. The Bertz CT molecular complexity index is 496. The highest BCUT2D eigenvalue weighted by molar-refractivity contribution is 5.80. The predicted octanol–water partition coefficient (Wildman–Crippen LogP) is 1.46. The van der Waals surface area contributed by atoms with E-state index in [0.717, 1.165) is 29.9 Å². The third kappa shape index (κ3) is 2.38. The molecule has 1 aromatic rings. The summed E-state index contributed by atoms with van der Waals surface area (Å²) in [5, 5.41) is 3.31. The summed E-state index contributed by atoms with van der Waals surface area (Å²) < 4.78 is 15.4. The Morgan fingerprint density at radius 2 is 2.16 bits per heavy atom. The van der Waals surface area contributed by atoms with E-state index in [2.05, 4.69) is 5.32 Å². The second-order valence-corrected chi connectivity index (χ2v) is 5.06. The molecule has 1 fully saturated rings. The summed E-state index contributed by atoms with van der Waals surface area (Å²) in [4.78, 5) is 11.6. The third-order valence-corrected chi connectivity index (χ3v) is 3.70. The van der Waals surface area contributed by atoms with Crippen LogP contribution < -0.4 is 14.8 Å². The van der Waals surface area contributed by atoms with Crippen molar-refractivity contribution in [1.82, 2.24) is 5.32 Å². The molecule has 1 saturated carbocycles. The monoisotopic (exact) mass is 263 g/mol. The van der Waals surface area contributed by atoms with E-state index in [0.29, 0.717) is 13.1 Å². The minimum atomic E-state index is -0.287. The van der Waals surface area contributed by atoms with Crippen molar-refractivity contribution in [3.8, 4) is 11.5 Å². The molecule has 2 aliphatic rings. The van der Waals surface area contributed by atoms with Gasteiger partial charge in [-0.2, -0.15) is 0 Å². The Hall–Kier alpha value is -1.75. The van der Waals surface area contributed by atoms with Crippen molar-refractivity contribution < 1.29 is 19.0 Å². The van der Waals surface area contributed by atoms with Gasteiger partial charge in [0.1, 0.15) is 0 Å². The lowest BCUT2D eigenvalue weighted by Crippen LogP contribution is -2.30. The number of carbonyl (C=O) groups is 1. The molecular weight excluding hydrogens is 246 g/mol. The fraction of sp³-hybridized carbons (Fsp3) is 0.500. The largest absolute Gasteiger partial charge is 0.469 e. The molecule has 0 atom stereocenters. The Balaban J connectivity index is 1.54. The zero-order valence-corrected chi connectivity index (χ0v) is 10.9. The molecule has 1 heterocycles. The Morgan fingerprint density at radius 1 is 1.37 bits per heavy atom. The fourth-order valence-corrected chi connectivity index (χ4v) is 2.32. The van der Waals surface area contributed by atoms with Crippen molar-refractivity contribution in [2.24, 2.45) is 5.41 Å². The van der Waals surface area contributed by atoms with Gasteiger partial charge in [0.2, 0.25) is 6.79 Å². The van der Waals surface area contributed by atoms with Crippen molar-refractivity contribution >= 4 is 5.97 Å². The average Bonchev–Trinajstić information content (AvgIpc) is 3.07. The lowest BCUT2D eigenvalue weighted by Gasteiger charge is -2.13. The second kappa shape index (κ2) is 4.74. The molecule has 0 spiro atoms. The van der Waals surface area contributed by atoms with Crippen LogP contribution in [-0.2, 0) is 16.1 Å². The Labute approximate surface area is 111 Å². The molecule has 0 radical (unpaired) electrons. The highest BCUT2D eigenvalue weighted by Gasteiger charge is 2.50. The Kier molecular flexibility index (Phi) is 3.06. The lowest BCUT2D eigenvalue weighted by molar-refractivity contribution is -0.146.